The lowest BCUT2D eigenvalue weighted by Gasteiger charge is -2.35. The molecule has 1 unspecified atom stereocenters. The second kappa shape index (κ2) is 5.62. The molecule has 1 aromatic rings. The van der Waals surface area contributed by atoms with Crippen molar-refractivity contribution in [3.63, 3.8) is 0 Å². The number of nitrogens with zero attached hydrogens (tertiary/aromatic N) is 1. The molecular weight excluding hydrogens is 314 g/mol. The van der Waals surface area contributed by atoms with Gasteiger partial charge in [0, 0.05) is 22.6 Å². The van der Waals surface area contributed by atoms with Crippen LogP contribution in [0.5, 0.6) is 0 Å². The van der Waals surface area contributed by atoms with Gasteiger partial charge in [0.2, 0.25) is 0 Å². The van der Waals surface area contributed by atoms with E-state index in [0.29, 0.717) is 10.6 Å². The predicted octanol–water partition coefficient (Wildman–Crippen LogP) is 4.61. The Kier molecular flexibility index (Phi) is 4.84. The SMILES string of the molecule is CC(N(C)C(=O)c1cc(Cl)ccc1Br)C(C)(C)C. The van der Waals surface area contributed by atoms with Crippen LogP contribution in [-0.4, -0.2) is 23.9 Å². The minimum Gasteiger partial charge on any atom is -0.338 e. The molecule has 0 saturated heterocycles. The number of benzene rings is 1. The molecule has 100 valence electrons. The first-order chi connectivity index (χ1) is 8.14. The second-order valence-electron chi connectivity index (χ2n) is 5.58. The molecular formula is C14H19BrClNO. The van der Waals surface area contributed by atoms with E-state index in [0.717, 1.165) is 4.47 Å². The van der Waals surface area contributed by atoms with Gasteiger partial charge in [0.25, 0.3) is 5.91 Å². The molecule has 0 spiro atoms. The standard InChI is InChI=1S/C14H19BrClNO/c1-9(14(2,3)4)17(5)13(18)11-8-10(16)6-7-12(11)15/h6-9H,1-5H3. The normalized spacial score (nSPS) is 13.3. The Morgan fingerprint density at radius 2 is 1.94 bits per heavy atom. The maximum atomic E-state index is 12.4. The lowest BCUT2D eigenvalue weighted by atomic mass is 9.87. The first kappa shape index (κ1) is 15.5. The minimum absolute atomic E-state index is 0.0215. The van der Waals surface area contributed by atoms with Gasteiger partial charge in [-0.3, -0.25) is 4.79 Å². The lowest BCUT2D eigenvalue weighted by Crippen LogP contribution is -2.43. The van der Waals surface area contributed by atoms with Gasteiger partial charge < -0.3 is 4.90 Å². The molecule has 1 atom stereocenters. The predicted molar refractivity (Wildman–Crippen MR) is 80.2 cm³/mol. The van der Waals surface area contributed by atoms with Crippen molar-refractivity contribution in [1.82, 2.24) is 4.90 Å². The van der Waals surface area contributed by atoms with Crippen molar-refractivity contribution < 1.29 is 4.79 Å². The van der Waals surface area contributed by atoms with Crippen molar-refractivity contribution in [2.75, 3.05) is 7.05 Å². The third-order valence-corrected chi connectivity index (χ3v) is 4.24. The zero-order chi connectivity index (χ0) is 14.1. The molecule has 1 rings (SSSR count). The van der Waals surface area contributed by atoms with Gasteiger partial charge in [-0.1, -0.05) is 32.4 Å². The molecule has 1 aromatic carbocycles. The van der Waals surface area contributed by atoms with Crippen LogP contribution in [0.1, 0.15) is 38.1 Å². The zero-order valence-corrected chi connectivity index (χ0v) is 13.8. The van der Waals surface area contributed by atoms with Crippen molar-refractivity contribution in [3.05, 3.63) is 33.3 Å². The summed E-state index contributed by atoms with van der Waals surface area (Å²) >= 11 is 9.34. The monoisotopic (exact) mass is 331 g/mol. The highest BCUT2D eigenvalue weighted by atomic mass is 79.9. The molecule has 0 aliphatic carbocycles. The molecule has 0 radical (unpaired) electrons. The van der Waals surface area contributed by atoms with E-state index >= 15 is 0 Å². The first-order valence-corrected chi connectivity index (χ1v) is 7.04. The molecule has 0 aliphatic rings. The van der Waals surface area contributed by atoms with Gasteiger partial charge in [-0.15, -0.1) is 0 Å². The summed E-state index contributed by atoms with van der Waals surface area (Å²) < 4.78 is 0.768. The van der Waals surface area contributed by atoms with Gasteiger partial charge in [-0.05, 0) is 46.5 Å². The smallest absolute Gasteiger partial charge is 0.255 e. The fourth-order valence-corrected chi connectivity index (χ4v) is 2.20. The van der Waals surface area contributed by atoms with Crippen LogP contribution in [0.25, 0.3) is 0 Å². The summed E-state index contributed by atoms with van der Waals surface area (Å²) in [6, 6.07) is 5.39. The molecule has 0 aromatic heterocycles. The van der Waals surface area contributed by atoms with Crippen molar-refractivity contribution in [3.8, 4) is 0 Å². The topological polar surface area (TPSA) is 20.3 Å². The molecule has 2 nitrogen and oxygen atoms in total. The van der Waals surface area contributed by atoms with E-state index in [1.165, 1.54) is 0 Å². The van der Waals surface area contributed by atoms with Gasteiger partial charge in [0.1, 0.15) is 0 Å². The van der Waals surface area contributed by atoms with Crippen molar-refractivity contribution in [2.24, 2.45) is 5.41 Å². The van der Waals surface area contributed by atoms with Crippen molar-refractivity contribution in [2.45, 2.75) is 33.7 Å². The van der Waals surface area contributed by atoms with Gasteiger partial charge in [-0.2, -0.15) is 0 Å². The highest BCUT2D eigenvalue weighted by Crippen LogP contribution is 2.27. The Bertz CT molecular complexity index is 454. The number of carbonyl (C=O) groups excluding carboxylic acids is 1. The van der Waals surface area contributed by atoms with E-state index in [-0.39, 0.29) is 17.4 Å². The van der Waals surface area contributed by atoms with Crippen LogP contribution in [0.2, 0.25) is 5.02 Å². The Morgan fingerprint density at radius 3 is 2.44 bits per heavy atom. The Morgan fingerprint density at radius 1 is 1.39 bits per heavy atom. The number of rotatable bonds is 2. The van der Waals surface area contributed by atoms with Gasteiger partial charge in [-0.25, -0.2) is 0 Å². The summed E-state index contributed by atoms with van der Waals surface area (Å²) in [6.45, 7) is 8.41. The van der Waals surface area contributed by atoms with Crippen LogP contribution in [-0.2, 0) is 0 Å². The molecule has 0 N–H and O–H groups in total. The first-order valence-electron chi connectivity index (χ1n) is 5.87. The van der Waals surface area contributed by atoms with Crippen LogP contribution >= 0.6 is 27.5 Å². The largest absolute Gasteiger partial charge is 0.338 e. The third-order valence-electron chi connectivity index (χ3n) is 3.31. The third kappa shape index (κ3) is 3.48. The molecule has 4 heteroatoms. The summed E-state index contributed by atoms with van der Waals surface area (Å²) in [5.41, 5.74) is 0.635. The van der Waals surface area contributed by atoms with Crippen molar-refractivity contribution in [1.29, 1.82) is 0 Å². The van der Waals surface area contributed by atoms with Crippen LogP contribution < -0.4 is 0 Å². The molecule has 1 amide bonds. The highest BCUT2D eigenvalue weighted by molar-refractivity contribution is 9.10. The lowest BCUT2D eigenvalue weighted by molar-refractivity contribution is 0.0628. The maximum absolute atomic E-state index is 12.4. The second-order valence-corrected chi connectivity index (χ2v) is 6.87. The van der Waals surface area contributed by atoms with E-state index in [1.807, 2.05) is 7.05 Å². The molecule has 0 saturated carbocycles. The Balaban J connectivity index is 3.04. The average molecular weight is 333 g/mol. The van der Waals surface area contributed by atoms with Crippen LogP contribution in [0.4, 0.5) is 0 Å². The number of hydrogen-bond acceptors (Lipinski definition) is 1. The molecule has 0 fully saturated rings. The number of halogens is 2. The summed E-state index contributed by atoms with van der Waals surface area (Å²) in [5.74, 6) is -0.0215. The summed E-state index contributed by atoms with van der Waals surface area (Å²) in [5, 5.41) is 0.568. The van der Waals surface area contributed by atoms with Gasteiger partial charge in [0.05, 0.1) is 5.56 Å². The van der Waals surface area contributed by atoms with Gasteiger partial charge in [0.15, 0.2) is 0 Å². The average Bonchev–Trinajstić information content (AvgIpc) is 2.28. The van der Waals surface area contributed by atoms with E-state index in [1.54, 1.807) is 23.1 Å². The fraction of sp³-hybridized carbons (Fsp3) is 0.500. The minimum atomic E-state index is -0.0215. The van der Waals surface area contributed by atoms with Crippen molar-refractivity contribution >= 4 is 33.4 Å². The number of hydrogen-bond donors (Lipinski definition) is 0. The zero-order valence-electron chi connectivity index (χ0n) is 11.4. The number of carbonyl (C=O) groups is 1. The Hall–Kier alpha value is -0.540. The molecule has 0 heterocycles. The quantitative estimate of drug-likeness (QED) is 0.774. The van der Waals surface area contributed by atoms with E-state index in [2.05, 4.69) is 43.6 Å². The Labute approximate surface area is 122 Å². The fourth-order valence-electron chi connectivity index (χ4n) is 1.61. The van der Waals surface area contributed by atoms with E-state index in [9.17, 15) is 4.79 Å². The highest BCUT2D eigenvalue weighted by Gasteiger charge is 2.28. The molecule has 18 heavy (non-hydrogen) atoms. The summed E-state index contributed by atoms with van der Waals surface area (Å²) in [7, 11) is 1.82. The molecule has 0 aliphatic heterocycles. The number of amides is 1. The van der Waals surface area contributed by atoms with Crippen LogP contribution in [0, 0.1) is 5.41 Å². The van der Waals surface area contributed by atoms with E-state index in [4.69, 9.17) is 11.6 Å². The molecule has 0 bridgehead atoms. The summed E-state index contributed by atoms with van der Waals surface area (Å²) in [6.07, 6.45) is 0. The summed E-state index contributed by atoms with van der Waals surface area (Å²) in [4.78, 5) is 14.2. The maximum Gasteiger partial charge on any atom is 0.255 e. The van der Waals surface area contributed by atoms with Crippen LogP contribution in [0.15, 0.2) is 22.7 Å². The van der Waals surface area contributed by atoms with E-state index < -0.39 is 0 Å². The van der Waals surface area contributed by atoms with Crippen LogP contribution in [0.3, 0.4) is 0 Å². The van der Waals surface area contributed by atoms with Gasteiger partial charge >= 0.3 is 0 Å².